The van der Waals surface area contributed by atoms with Gasteiger partial charge in [0.05, 0.1) is 7.11 Å². The first-order chi connectivity index (χ1) is 15.1. The Balaban J connectivity index is 1.92. The van der Waals surface area contributed by atoms with Gasteiger partial charge in [-0.3, -0.25) is 0 Å². The molecule has 0 spiro atoms. The third-order valence-electron chi connectivity index (χ3n) is 5.89. The molecular weight excluding hydrogens is 461 g/mol. The maximum Gasteiger partial charge on any atom is 0.434 e. The SMILES string of the molecule is COc1cc(Cl)cc2c1S(=O)(=O)N([C@H](c1n[nH]c(=O)o1)[C@H](C)c1c(F)ccc(C)c1C)C2. The second-order valence-electron chi connectivity index (χ2n) is 7.73. The number of fused-ring (bicyclic) bond motifs is 1. The first kappa shape index (κ1) is 22.5. The lowest BCUT2D eigenvalue weighted by Gasteiger charge is -2.30. The lowest BCUT2D eigenvalue weighted by Crippen LogP contribution is -2.33. The number of benzene rings is 2. The number of rotatable bonds is 5. The molecule has 1 aliphatic rings. The molecule has 1 N–H and O–H groups in total. The fraction of sp³-hybridized carbons (Fsp3) is 0.333. The molecule has 0 saturated carbocycles. The molecule has 2 aromatic carbocycles. The monoisotopic (exact) mass is 481 g/mol. The van der Waals surface area contributed by atoms with Crippen molar-refractivity contribution < 1.29 is 22.0 Å². The largest absolute Gasteiger partial charge is 0.495 e. The summed E-state index contributed by atoms with van der Waals surface area (Å²) in [7, 11) is -2.77. The fourth-order valence-corrected chi connectivity index (χ4v) is 6.48. The van der Waals surface area contributed by atoms with Crippen LogP contribution in [0.5, 0.6) is 5.75 Å². The summed E-state index contributed by atoms with van der Waals surface area (Å²) in [6.45, 7) is 5.20. The number of hydrogen-bond acceptors (Lipinski definition) is 6. The summed E-state index contributed by atoms with van der Waals surface area (Å²) in [6.07, 6.45) is 0. The zero-order valence-corrected chi connectivity index (χ0v) is 19.3. The van der Waals surface area contributed by atoms with Gasteiger partial charge in [0.25, 0.3) is 0 Å². The van der Waals surface area contributed by atoms with Crippen molar-refractivity contribution in [1.82, 2.24) is 14.5 Å². The van der Waals surface area contributed by atoms with Crippen LogP contribution in [0.15, 0.2) is 38.4 Å². The number of hydrogen-bond donors (Lipinski definition) is 1. The molecule has 2 heterocycles. The molecule has 11 heteroatoms. The molecule has 0 unspecified atom stereocenters. The maximum absolute atomic E-state index is 15.0. The van der Waals surface area contributed by atoms with Crippen LogP contribution in [-0.2, 0) is 16.6 Å². The fourth-order valence-electron chi connectivity index (χ4n) is 4.28. The number of aromatic nitrogens is 2. The topological polar surface area (TPSA) is 106 Å². The van der Waals surface area contributed by atoms with Gasteiger partial charge in [-0.2, -0.15) is 4.31 Å². The molecule has 0 bridgehead atoms. The predicted octanol–water partition coefficient (Wildman–Crippen LogP) is 3.83. The zero-order valence-electron chi connectivity index (χ0n) is 17.8. The Morgan fingerprint density at radius 1 is 1.31 bits per heavy atom. The molecule has 0 fully saturated rings. The van der Waals surface area contributed by atoms with Crippen LogP contribution in [0.25, 0.3) is 0 Å². The molecule has 8 nitrogen and oxygen atoms in total. The van der Waals surface area contributed by atoms with Crippen LogP contribution < -0.4 is 10.5 Å². The number of ether oxygens (including phenoxy) is 1. The number of aryl methyl sites for hydroxylation is 1. The average molecular weight is 482 g/mol. The standard InChI is InChI=1S/C21H21ClFN3O5S/c1-10-5-6-15(23)17(11(10)2)12(3)18(20-24-25-21(27)31-20)26-9-13-7-14(22)8-16(30-4)19(13)32(26,28)29/h5-8,12,18H,9H2,1-4H3,(H,25,27)/t12-,18+/m1/s1. The molecule has 2 atom stereocenters. The Labute approximate surface area is 189 Å². The number of methoxy groups -OCH3 is 1. The van der Waals surface area contributed by atoms with Crippen molar-refractivity contribution >= 4 is 21.6 Å². The molecule has 32 heavy (non-hydrogen) atoms. The number of nitrogens with zero attached hydrogens (tertiary/aromatic N) is 2. The van der Waals surface area contributed by atoms with E-state index in [-0.39, 0.29) is 23.1 Å². The minimum atomic E-state index is -4.12. The van der Waals surface area contributed by atoms with E-state index < -0.39 is 33.6 Å². The van der Waals surface area contributed by atoms with E-state index >= 15 is 0 Å². The number of H-pyrrole nitrogens is 1. The predicted molar refractivity (Wildman–Crippen MR) is 115 cm³/mol. The highest BCUT2D eigenvalue weighted by Gasteiger charge is 2.47. The van der Waals surface area contributed by atoms with Gasteiger partial charge in [0.1, 0.15) is 22.5 Å². The lowest BCUT2D eigenvalue weighted by atomic mass is 9.87. The first-order valence-electron chi connectivity index (χ1n) is 9.75. The highest BCUT2D eigenvalue weighted by atomic mass is 35.5. The van der Waals surface area contributed by atoms with E-state index in [1.165, 1.54) is 25.3 Å². The minimum Gasteiger partial charge on any atom is -0.495 e. The zero-order chi connectivity index (χ0) is 23.4. The van der Waals surface area contributed by atoms with Crippen molar-refractivity contribution in [3.63, 3.8) is 0 Å². The van der Waals surface area contributed by atoms with Crippen LogP contribution in [0.3, 0.4) is 0 Å². The Morgan fingerprint density at radius 3 is 2.66 bits per heavy atom. The lowest BCUT2D eigenvalue weighted by molar-refractivity contribution is 0.241. The maximum atomic E-state index is 15.0. The van der Waals surface area contributed by atoms with Crippen molar-refractivity contribution in [2.45, 2.75) is 44.2 Å². The highest BCUT2D eigenvalue weighted by molar-refractivity contribution is 7.89. The first-order valence-corrected chi connectivity index (χ1v) is 11.6. The van der Waals surface area contributed by atoms with Crippen LogP contribution in [0.4, 0.5) is 4.39 Å². The van der Waals surface area contributed by atoms with E-state index in [4.69, 9.17) is 20.8 Å². The molecule has 1 aromatic heterocycles. The summed E-state index contributed by atoms with van der Waals surface area (Å²) in [5, 5.41) is 6.37. The van der Waals surface area contributed by atoms with Crippen LogP contribution in [0.1, 0.15) is 47.0 Å². The number of nitrogens with one attached hydrogen (secondary N) is 1. The molecule has 0 amide bonds. The Hall–Kier alpha value is -2.69. The minimum absolute atomic E-state index is 0.0269. The van der Waals surface area contributed by atoms with Gasteiger partial charge in [0, 0.05) is 23.6 Å². The van der Waals surface area contributed by atoms with Crippen molar-refractivity contribution in [3.05, 3.63) is 73.8 Å². The van der Waals surface area contributed by atoms with Gasteiger partial charge >= 0.3 is 5.76 Å². The summed E-state index contributed by atoms with van der Waals surface area (Å²) in [4.78, 5) is 11.7. The second kappa shape index (κ2) is 8.02. The van der Waals surface area contributed by atoms with Crippen LogP contribution >= 0.6 is 11.6 Å². The number of sulfonamides is 1. The van der Waals surface area contributed by atoms with Gasteiger partial charge in [-0.25, -0.2) is 22.7 Å². The molecule has 1 aliphatic heterocycles. The van der Waals surface area contributed by atoms with E-state index in [2.05, 4.69) is 10.2 Å². The van der Waals surface area contributed by atoms with E-state index in [0.717, 1.165) is 9.87 Å². The Bertz CT molecular complexity index is 1370. The number of aromatic amines is 1. The van der Waals surface area contributed by atoms with Crippen LogP contribution in [0, 0.1) is 19.7 Å². The highest BCUT2D eigenvalue weighted by Crippen LogP contribution is 2.47. The van der Waals surface area contributed by atoms with E-state index in [1.807, 2.05) is 6.92 Å². The van der Waals surface area contributed by atoms with Gasteiger partial charge < -0.3 is 9.15 Å². The molecule has 0 radical (unpaired) electrons. The quantitative estimate of drug-likeness (QED) is 0.593. The molecule has 4 rings (SSSR count). The van der Waals surface area contributed by atoms with Crippen molar-refractivity contribution in [2.75, 3.05) is 7.11 Å². The molecule has 0 aliphatic carbocycles. The van der Waals surface area contributed by atoms with Crippen molar-refractivity contribution in [2.24, 2.45) is 0 Å². The molecule has 0 saturated heterocycles. The van der Waals surface area contributed by atoms with Gasteiger partial charge in [-0.15, -0.1) is 5.10 Å². The second-order valence-corrected chi connectivity index (χ2v) is 10.00. The third-order valence-corrected chi connectivity index (χ3v) is 8.06. The van der Waals surface area contributed by atoms with Gasteiger partial charge in [0.15, 0.2) is 0 Å². The summed E-state index contributed by atoms with van der Waals surface area (Å²) in [5.74, 6) is -2.13. The van der Waals surface area contributed by atoms with Gasteiger partial charge in [0.2, 0.25) is 15.9 Å². The van der Waals surface area contributed by atoms with Crippen LogP contribution in [-0.4, -0.2) is 30.0 Å². The van der Waals surface area contributed by atoms with Gasteiger partial charge in [-0.05, 0) is 48.2 Å². The van der Waals surface area contributed by atoms with Crippen molar-refractivity contribution in [3.8, 4) is 5.75 Å². The molecular formula is C21H21ClFN3O5S. The van der Waals surface area contributed by atoms with E-state index in [0.29, 0.717) is 21.7 Å². The summed E-state index contributed by atoms with van der Waals surface area (Å²) in [6, 6.07) is 4.84. The molecule has 170 valence electrons. The normalized spacial score (nSPS) is 17.2. The van der Waals surface area contributed by atoms with Crippen LogP contribution in [0.2, 0.25) is 5.02 Å². The van der Waals surface area contributed by atoms with E-state index in [1.54, 1.807) is 19.9 Å². The third kappa shape index (κ3) is 3.52. The summed E-state index contributed by atoms with van der Waals surface area (Å²) < 4.78 is 53.8. The summed E-state index contributed by atoms with van der Waals surface area (Å²) >= 11 is 6.15. The summed E-state index contributed by atoms with van der Waals surface area (Å²) in [5.41, 5.74) is 2.26. The van der Waals surface area contributed by atoms with E-state index in [9.17, 15) is 17.6 Å². The van der Waals surface area contributed by atoms with Crippen molar-refractivity contribution in [1.29, 1.82) is 0 Å². The number of halogens is 2. The average Bonchev–Trinajstić information content (AvgIpc) is 3.25. The Morgan fingerprint density at radius 2 is 2.03 bits per heavy atom. The Kier molecular flexibility index (Phi) is 5.64. The smallest absolute Gasteiger partial charge is 0.434 e. The van der Waals surface area contributed by atoms with Gasteiger partial charge in [-0.1, -0.05) is 24.6 Å². The molecule has 3 aromatic rings.